The minimum absolute atomic E-state index is 0.326. The molecule has 0 aliphatic carbocycles. The topological polar surface area (TPSA) is 30.7 Å². The van der Waals surface area contributed by atoms with Crippen LogP contribution in [0.4, 0.5) is 11.4 Å². The maximum Gasteiger partial charge on any atom is 0.228 e. The average Bonchev–Trinajstić information content (AvgIpc) is 3.26. The van der Waals surface area contributed by atoms with Crippen LogP contribution in [0, 0.1) is 0 Å². The number of carbonyl (C=O) groups is 1. The molecule has 1 amide bonds. The summed E-state index contributed by atoms with van der Waals surface area (Å²) in [6.45, 7) is 7.11. The smallest absolute Gasteiger partial charge is 0.228 e. The molecule has 0 radical (unpaired) electrons. The molecule has 0 aliphatic rings. The minimum atomic E-state index is 0.326. The van der Waals surface area contributed by atoms with Crippen LogP contribution in [0.3, 0.4) is 0 Å². The van der Waals surface area contributed by atoms with Crippen molar-refractivity contribution in [1.82, 2.24) is 4.90 Å². The zero-order chi connectivity index (χ0) is 43.8. The Morgan fingerprint density at radius 1 is 0.410 bits per heavy atom. The van der Waals surface area contributed by atoms with Gasteiger partial charge in [-0.1, -0.05) is 206 Å². The van der Waals surface area contributed by atoms with Crippen LogP contribution in [-0.4, -0.2) is 52.1 Å². The van der Waals surface area contributed by atoms with Gasteiger partial charge in [-0.15, -0.1) is 0 Å². The third-order valence-corrected chi connectivity index (χ3v) is 13.4. The molecule has 3 aromatic rings. The van der Waals surface area contributed by atoms with Gasteiger partial charge in [0.15, 0.2) is 6.54 Å². The Labute approximate surface area is 377 Å². The summed E-state index contributed by atoms with van der Waals surface area (Å²) in [4.78, 5) is 20.8. The van der Waals surface area contributed by atoms with Crippen LogP contribution in [-0.2, 0) is 11.3 Å². The lowest BCUT2D eigenvalue weighted by Crippen LogP contribution is -2.40. The van der Waals surface area contributed by atoms with Crippen molar-refractivity contribution >= 4 is 39.1 Å². The Morgan fingerprint density at radius 3 is 1.00 bits per heavy atom. The SMILES string of the molecule is CCCCCCCCCCCCCCCCCCN(CCCCCCCCCCCCCCCCCC)C(=O)CC[n+]1c2cc(N(C)C)ccc2cc2ccc(N(C)C)cc21. The van der Waals surface area contributed by atoms with Crippen LogP contribution < -0.4 is 14.4 Å². The number of fused-ring (bicyclic) bond motifs is 2. The van der Waals surface area contributed by atoms with Crippen molar-refractivity contribution < 1.29 is 9.36 Å². The molecule has 0 spiro atoms. The third-order valence-electron chi connectivity index (χ3n) is 13.4. The normalized spacial score (nSPS) is 11.6. The van der Waals surface area contributed by atoms with Crippen molar-refractivity contribution in [3.05, 3.63) is 42.5 Å². The van der Waals surface area contributed by atoms with Crippen LogP contribution in [0.1, 0.15) is 226 Å². The van der Waals surface area contributed by atoms with Crippen LogP contribution in [0.15, 0.2) is 42.5 Å². The number of pyridine rings is 1. The van der Waals surface area contributed by atoms with E-state index in [0.717, 1.165) is 25.9 Å². The first-order valence-electron chi connectivity index (χ1n) is 26.4. The highest BCUT2D eigenvalue weighted by molar-refractivity contribution is 5.91. The van der Waals surface area contributed by atoms with Gasteiger partial charge in [-0.05, 0) is 43.2 Å². The number of carbonyl (C=O) groups excluding carboxylic acids is 1. The number of anilines is 2. The van der Waals surface area contributed by atoms with Gasteiger partial charge in [-0.25, -0.2) is 0 Å². The fraction of sp³-hybridized carbons (Fsp3) is 0.750. The molecule has 0 aliphatic heterocycles. The number of hydrogen-bond acceptors (Lipinski definition) is 3. The number of aryl methyl sites for hydroxylation is 1. The summed E-state index contributed by atoms with van der Waals surface area (Å²) in [6, 6.07) is 15.8. The highest BCUT2D eigenvalue weighted by Crippen LogP contribution is 2.26. The molecule has 1 aromatic heterocycles. The first kappa shape index (κ1) is 52.5. The highest BCUT2D eigenvalue weighted by Gasteiger charge is 2.21. The van der Waals surface area contributed by atoms with Gasteiger partial charge in [0, 0.05) is 75.6 Å². The van der Waals surface area contributed by atoms with Gasteiger partial charge in [0.1, 0.15) is 0 Å². The van der Waals surface area contributed by atoms with Gasteiger partial charge in [0.25, 0.3) is 0 Å². The molecule has 0 atom stereocenters. The first-order valence-corrected chi connectivity index (χ1v) is 26.4. The lowest BCUT2D eigenvalue weighted by Gasteiger charge is -2.23. The number of rotatable bonds is 39. The maximum absolute atomic E-state index is 14.2. The summed E-state index contributed by atoms with van der Waals surface area (Å²) in [5, 5.41) is 2.45. The number of amides is 1. The number of hydrogen-bond donors (Lipinski definition) is 0. The van der Waals surface area contributed by atoms with E-state index >= 15 is 0 Å². The predicted molar refractivity (Wildman–Crippen MR) is 271 cm³/mol. The van der Waals surface area contributed by atoms with Gasteiger partial charge >= 0.3 is 0 Å². The molecule has 346 valence electrons. The van der Waals surface area contributed by atoms with Gasteiger partial charge in [-0.2, -0.15) is 4.57 Å². The lowest BCUT2D eigenvalue weighted by molar-refractivity contribution is -0.644. The molecule has 5 nitrogen and oxygen atoms in total. The maximum atomic E-state index is 14.2. The Morgan fingerprint density at radius 2 is 0.705 bits per heavy atom. The van der Waals surface area contributed by atoms with E-state index in [4.69, 9.17) is 0 Å². The van der Waals surface area contributed by atoms with E-state index in [2.05, 4.69) is 104 Å². The van der Waals surface area contributed by atoms with Crippen LogP contribution in [0.25, 0.3) is 21.8 Å². The highest BCUT2D eigenvalue weighted by atomic mass is 16.2. The van der Waals surface area contributed by atoms with Gasteiger partial charge < -0.3 is 14.7 Å². The molecule has 0 saturated heterocycles. The fourth-order valence-electron chi connectivity index (χ4n) is 9.30. The molecular formula is C56H97N4O+. The summed E-state index contributed by atoms with van der Waals surface area (Å²) in [5.74, 6) is 0.326. The van der Waals surface area contributed by atoms with E-state index in [9.17, 15) is 4.79 Å². The Kier molecular flexibility index (Phi) is 29.0. The van der Waals surface area contributed by atoms with E-state index in [1.807, 2.05) is 0 Å². The largest absolute Gasteiger partial charge is 0.377 e. The van der Waals surface area contributed by atoms with Crippen molar-refractivity contribution in [2.45, 2.75) is 232 Å². The summed E-state index contributed by atoms with van der Waals surface area (Å²) in [6.07, 6.45) is 44.6. The quantitative estimate of drug-likeness (QED) is 0.0326. The molecule has 2 aromatic carbocycles. The lowest BCUT2D eigenvalue weighted by atomic mass is 10.0. The van der Waals surface area contributed by atoms with Crippen molar-refractivity contribution in [3.63, 3.8) is 0 Å². The van der Waals surface area contributed by atoms with Crippen molar-refractivity contribution in [2.75, 3.05) is 51.1 Å². The van der Waals surface area contributed by atoms with E-state index < -0.39 is 0 Å². The zero-order valence-corrected chi connectivity index (χ0v) is 41.2. The van der Waals surface area contributed by atoms with E-state index in [1.54, 1.807) is 0 Å². The third kappa shape index (κ3) is 22.4. The molecule has 1 heterocycles. The predicted octanol–water partition coefficient (Wildman–Crippen LogP) is 16.2. The van der Waals surface area contributed by atoms with Crippen molar-refractivity contribution in [2.24, 2.45) is 0 Å². The molecular weight excluding hydrogens is 745 g/mol. The second-order valence-corrected chi connectivity index (χ2v) is 19.3. The molecule has 3 rings (SSSR count). The molecule has 0 fully saturated rings. The van der Waals surface area contributed by atoms with Crippen molar-refractivity contribution in [3.8, 4) is 0 Å². The summed E-state index contributed by atoms with van der Waals surface area (Å²) >= 11 is 0. The summed E-state index contributed by atoms with van der Waals surface area (Å²) in [5.41, 5.74) is 4.77. The number of aromatic nitrogens is 1. The zero-order valence-electron chi connectivity index (χ0n) is 41.2. The molecule has 5 heteroatoms. The van der Waals surface area contributed by atoms with Crippen LogP contribution >= 0.6 is 0 Å². The average molecular weight is 842 g/mol. The fourth-order valence-corrected chi connectivity index (χ4v) is 9.30. The van der Waals surface area contributed by atoms with Crippen molar-refractivity contribution in [1.29, 1.82) is 0 Å². The van der Waals surface area contributed by atoms with Crippen LogP contribution in [0.5, 0.6) is 0 Å². The van der Waals surface area contributed by atoms with Gasteiger partial charge in [-0.3, -0.25) is 4.79 Å². The summed E-state index contributed by atoms with van der Waals surface area (Å²) in [7, 11) is 8.43. The van der Waals surface area contributed by atoms with Crippen LogP contribution in [0.2, 0.25) is 0 Å². The van der Waals surface area contributed by atoms with E-state index in [1.165, 1.54) is 226 Å². The monoisotopic (exact) mass is 842 g/mol. The standard InChI is InChI=1S/C56H97N4O/c1-7-9-11-13-15-17-19-21-23-25-27-29-31-33-35-37-44-59(45-38-36-34-32-30-28-26-24-22-20-18-16-14-12-10-8-2)56(61)43-46-60-54-48-52(57(3)4)41-39-50(54)47-51-40-42-53(58(5)6)49-55(51)60/h39-42,47-49H,7-38,43-46H2,1-6H3/q+1. The molecule has 0 unspecified atom stereocenters. The number of nitrogens with zero attached hydrogens (tertiary/aromatic N) is 4. The second-order valence-electron chi connectivity index (χ2n) is 19.3. The van der Waals surface area contributed by atoms with Gasteiger partial charge in [0.05, 0.1) is 6.42 Å². The molecule has 0 saturated carbocycles. The Hall–Kier alpha value is -2.82. The second kappa shape index (κ2) is 33.7. The minimum Gasteiger partial charge on any atom is -0.377 e. The molecule has 61 heavy (non-hydrogen) atoms. The van der Waals surface area contributed by atoms with E-state index in [0.29, 0.717) is 18.9 Å². The molecule has 0 bridgehead atoms. The Balaban J connectivity index is 1.47. The Bertz CT molecular complexity index is 1450. The molecule has 0 N–H and O–H groups in total. The first-order chi connectivity index (χ1) is 29.8. The number of benzene rings is 2. The van der Waals surface area contributed by atoms with Gasteiger partial charge in [0.2, 0.25) is 16.9 Å². The van der Waals surface area contributed by atoms with E-state index in [-0.39, 0.29) is 0 Å². The number of unbranched alkanes of at least 4 members (excludes halogenated alkanes) is 30. The summed E-state index contributed by atoms with van der Waals surface area (Å²) < 4.78 is 2.42.